The van der Waals surface area contributed by atoms with Gasteiger partial charge in [0.25, 0.3) is 0 Å². The van der Waals surface area contributed by atoms with Gasteiger partial charge in [-0.2, -0.15) is 57.1 Å². The zero-order valence-corrected chi connectivity index (χ0v) is 19.5. The Labute approximate surface area is 203 Å². The third kappa shape index (κ3) is 8.52. The zero-order valence-electron chi connectivity index (χ0n) is 19.5. The highest BCUT2D eigenvalue weighted by Crippen LogP contribution is 2.60. The quantitative estimate of drug-likeness (QED) is 0.154. The molecule has 37 heavy (non-hydrogen) atoms. The number of carbonyl (C=O) groups is 2. The lowest BCUT2D eigenvalue weighted by Crippen LogP contribution is -2.70. The largest absolute Gasteiger partial charge is 0.460 e. The first-order valence-electron chi connectivity index (χ1n) is 11.1. The van der Waals surface area contributed by atoms with Crippen molar-refractivity contribution in [2.75, 3.05) is 13.1 Å². The summed E-state index contributed by atoms with van der Waals surface area (Å²) < 4.78 is 169. The molecule has 2 N–H and O–H groups in total. The summed E-state index contributed by atoms with van der Waals surface area (Å²) in [4.78, 5) is 23.1. The molecule has 0 aromatic carbocycles. The zero-order chi connectivity index (χ0) is 29.3. The summed E-state index contributed by atoms with van der Waals surface area (Å²) in [6.45, 7) is 1.81. The summed E-state index contributed by atoms with van der Waals surface area (Å²) in [5.74, 6) is -39.5. The molecule has 0 bridgehead atoms. The number of carbonyl (C=O) groups excluding carboxylic acids is 2. The fourth-order valence-corrected chi connectivity index (χ4v) is 2.85. The molecule has 0 saturated heterocycles. The van der Waals surface area contributed by atoms with Gasteiger partial charge in [-0.25, -0.2) is 0 Å². The predicted molar refractivity (Wildman–Crippen MR) is 104 cm³/mol. The van der Waals surface area contributed by atoms with Crippen molar-refractivity contribution in [1.82, 2.24) is 10.6 Å². The lowest BCUT2D eigenvalue weighted by molar-refractivity contribution is -0.440. The topological polar surface area (TPSA) is 58.2 Å². The van der Waals surface area contributed by atoms with Crippen LogP contribution in [-0.2, 0) is 9.59 Å². The number of alkyl halides is 13. The summed E-state index contributed by atoms with van der Waals surface area (Å²) in [5.41, 5.74) is 0. The lowest BCUT2D eigenvalue weighted by atomic mass is 9.92. The summed E-state index contributed by atoms with van der Waals surface area (Å²) in [5, 5.41) is 4.26. The highest BCUT2D eigenvalue weighted by atomic mass is 19.4. The van der Waals surface area contributed by atoms with E-state index in [2.05, 4.69) is 5.32 Å². The van der Waals surface area contributed by atoms with Gasteiger partial charge in [0.1, 0.15) is 0 Å². The van der Waals surface area contributed by atoms with Crippen molar-refractivity contribution in [3.8, 4) is 0 Å². The second-order valence-electron chi connectivity index (χ2n) is 8.22. The van der Waals surface area contributed by atoms with Gasteiger partial charge in [-0.3, -0.25) is 9.59 Å². The molecular weight excluding hydrogens is 547 g/mol. The number of hydrogen-bond donors (Lipinski definition) is 2. The molecule has 0 aliphatic rings. The molecule has 4 nitrogen and oxygen atoms in total. The van der Waals surface area contributed by atoms with E-state index < -0.39 is 73.4 Å². The maximum atomic E-state index is 13.7. The van der Waals surface area contributed by atoms with E-state index in [1.165, 1.54) is 0 Å². The maximum Gasteiger partial charge on any atom is 0.460 e. The minimum atomic E-state index is -7.98. The first-order chi connectivity index (χ1) is 16.6. The van der Waals surface area contributed by atoms with Crippen molar-refractivity contribution in [2.24, 2.45) is 0 Å². The van der Waals surface area contributed by atoms with Crippen molar-refractivity contribution in [3.63, 3.8) is 0 Å². The van der Waals surface area contributed by atoms with Crippen molar-refractivity contribution in [3.05, 3.63) is 0 Å². The molecule has 0 fully saturated rings. The number of rotatable bonds is 17. The van der Waals surface area contributed by atoms with Crippen LogP contribution in [0.4, 0.5) is 57.1 Å². The first kappa shape index (κ1) is 35.0. The van der Waals surface area contributed by atoms with Crippen LogP contribution in [0.1, 0.15) is 64.7 Å². The lowest BCUT2D eigenvalue weighted by Gasteiger charge is -2.39. The van der Waals surface area contributed by atoms with Crippen LogP contribution in [-0.4, -0.2) is 60.7 Å². The summed E-state index contributed by atoms with van der Waals surface area (Å²) in [6, 6.07) is 0. The van der Waals surface area contributed by atoms with Crippen LogP contribution in [0.3, 0.4) is 0 Å². The van der Waals surface area contributed by atoms with E-state index in [1.54, 1.807) is 5.32 Å². The smallest absolute Gasteiger partial charge is 0.356 e. The Bertz CT molecular complexity index is 740. The van der Waals surface area contributed by atoms with Gasteiger partial charge in [0, 0.05) is 32.4 Å². The summed E-state index contributed by atoms with van der Waals surface area (Å²) in [7, 11) is 0. The average molecular weight is 574 g/mol. The van der Waals surface area contributed by atoms with Gasteiger partial charge in [-0.05, 0) is 6.42 Å². The summed E-state index contributed by atoms with van der Waals surface area (Å²) >= 11 is 0. The minimum absolute atomic E-state index is 0.298. The Morgan fingerprint density at radius 1 is 0.541 bits per heavy atom. The molecule has 0 aromatic rings. The second-order valence-corrected chi connectivity index (χ2v) is 8.22. The van der Waals surface area contributed by atoms with Crippen molar-refractivity contribution in [1.29, 1.82) is 0 Å². The molecule has 0 radical (unpaired) electrons. The molecule has 2 amide bonds. The van der Waals surface area contributed by atoms with Gasteiger partial charge in [-0.15, -0.1) is 0 Å². The molecule has 0 rings (SSSR count). The molecule has 0 aliphatic carbocycles. The molecule has 220 valence electrons. The number of amides is 2. The second kappa shape index (κ2) is 13.2. The number of nitrogens with one attached hydrogen (secondary N) is 2. The van der Waals surface area contributed by atoms with Gasteiger partial charge in [0.2, 0.25) is 11.8 Å². The molecule has 0 aromatic heterocycles. The van der Waals surface area contributed by atoms with E-state index in [4.69, 9.17) is 0 Å². The fraction of sp³-hybridized carbons (Fsp3) is 0.900. The summed E-state index contributed by atoms with van der Waals surface area (Å²) in [6.07, 6.45) is -6.63. The molecule has 17 heteroatoms. The van der Waals surface area contributed by atoms with Crippen LogP contribution in [0.2, 0.25) is 0 Å². The SMILES string of the molecule is CCCCCCCCNC(=O)CCNC(=O)CCC(F)(F)C(F)(F)C(F)(F)C(F)(F)C(F)(F)C(F)(F)F. The maximum absolute atomic E-state index is 13.7. The van der Waals surface area contributed by atoms with Gasteiger partial charge in [-0.1, -0.05) is 39.0 Å². The normalized spacial score (nSPS) is 14.0. The molecule has 0 aliphatic heterocycles. The van der Waals surface area contributed by atoms with Crippen LogP contribution < -0.4 is 10.6 Å². The number of unbranched alkanes of at least 4 members (excludes halogenated alkanes) is 5. The minimum Gasteiger partial charge on any atom is -0.356 e. The predicted octanol–water partition coefficient (Wildman–Crippen LogP) is 6.49. The third-order valence-electron chi connectivity index (χ3n) is 5.19. The van der Waals surface area contributed by atoms with Gasteiger partial charge < -0.3 is 10.6 Å². The molecule has 0 spiro atoms. The molecule has 0 saturated carbocycles. The monoisotopic (exact) mass is 574 g/mol. The fourth-order valence-electron chi connectivity index (χ4n) is 2.85. The highest BCUT2D eigenvalue weighted by Gasteiger charge is 2.90. The third-order valence-corrected chi connectivity index (χ3v) is 5.19. The molecular formula is C20H27F13N2O2. The Morgan fingerprint density at radius 2 is 0.973 bits per heavy atom. The standard InChI is InChI=1S/C20H27F13N2O2/c1-2-3-4-5-6-7-11-34-14(37)9-12-35-13(36)8-10-15(21,22)16(23,24)17(25,26)18(27,28)19(29,30)20(31,32)33/h2-12H2,1H3,(H,34,37)(H,35,36). The van der Waals surface area contributed by atoms with Crippen molar-refractivity contribution >= 4 is 11.8 Å². The van der Waals surface area contributed by atoms with Crippen molar-refractivity contribution in [2.45, 2.75) is 101 Å². The van der Waals surface area contributed by atoms with E-state index in [9.17, 15) is 66.7 Å². The van der Waals surface area contributed by atoms with E-state index in [1.807, 2.05) is 6.92 Å². The highest BCUT2D eigenvalue weighted by molar-refractivity contribution is 5.78. The van der Waals surface area contributed by atoms with Crippen LogP contribution >= 0.6 is 0 Å². The van der Waals surface area contributed by atoms with E-state index in [0.29, 0.717) is 13.0 Å². The van der Waals surface area contributed by atoms with Gasteiger partial charge >= 0.3 is 35.8 Å². The molecule has 0 atom stereocenters. The molecule has 0 unspecified atom stereocenters. The first-order valence-corrected chi connectivity index (χ1v) is 11.1. The number of hydrogen-bond acceptors (Lipinski definition) is 2. The number of halogens is 13. The Balaban J connectivity index is 4.85. The van der Waals surface area contributed by atoms with Crippen LogP contribution in [0.5, 0.6) is 0 Å². The van der Waals surface area contributed by atoms with Crippen LogP contribution in [0, 0.1) is 0 Å². The molecule has 0 heterocycles. The Kier molecular flexibility index (Phi) is 12.5. The van der Waals surface area contributed by atoms with E-state index >= 15 is 0 Å². The van der Waals surface area contributed by atoms with Crippen molar-refractivity contribution < 1.29 is 66.7 Å². The van der Waals surface area contributed by atoms with Crippen LogP contribution in [0.25, 0.3) is 0 Å². The van der Waals surface area contributed by atoms with E-state index in [-0.39, 0.29) is 0 Å². The Hall–Kier alpha value is -1.97. The van der Waals surface area contributed by atoms with Gasteiger partial charge in [0.15, 0.2) is 0 Å². The average Bonchev–Trinajstić information content (AvgIpc) is 2.75. The van der Waals surface area contributed by atoms with Crippen LogP contribution in [0.15, 0.2) is 0 Å². The van der Waals surface area contributed by atoms with Gasteiger partial charge in [0.05, 0.1) is 0 Å². The Morgan fingerprint density at radius 3 is 1.49 bits per heavy atom. The van der Waals surface area contributed by atoms with E-state index in [0.717, 1.165) is 32.1 Å².